The number of fused-ring (bicyclic) bond motifs is 1. The van der Waals surface area contributed by atoms with Gasteiger partial charge < -0.3 is 14.2 Å². The fraction of sp³-hybridized carbons (Fsp3) is 0.208. The molecule has 31 heavy (non-hydrogen) atoms. The monoisotopic (exact) mass is 428 g/mol. The SMILES string of the molecule is COc1cc(OC)c2c(c1)OC(c1ccccc1)(c1ccccc1C(F)(F)F)CC2=O. The van der Waals surface area contributed by atoms with Crippen LogP contribution in [0.2, 0.25) is 0 Å². The number of hydrogen-bond acceptors (Lipinski definition) is 4. The van der Waals surface area contributed by atoms with Crippen molar-refractivity contribution < 1.29 is 32.2 Å². The number of carbonyl (C=O) groups excluding carboxylic acids is 1. The highest BCUT2D eigenvalue weighted by Crippen LogP contribution is 2.50. The molecule has 0 bridgehead atoms. The Morgan fingerprint density at radius 1 is 0.935 bits per heavy atom. The summed E-state index contributed by atoms with van der Waals surface area (Å²) >= 11 is 0. The largest absolute Gasteiger partial charge is 0.496 e. The number of ketones is 1. The smallest absolute Gasteiger partial charge is 0.416 e. The lowest BCUT2D eigenvalue weighted by Crippen LogP contribution is -2.42. The van der Waals surface area contributed by atoms with Gasteiger partial charge in [-0.2, -0.15) is 13.2 Å². The van der Waals surface area contributed by atoms with Gasteiger partial charge in [-0.15, -0.1) is 0 Å². The van der Waals surface area contributed by atoms with E-state index in [0.29, 0.717) is 11.3 Å². The van der Waals surface area contributed by atoms with E-state index in [4.69, 9.17) is 14.2 Å². The van der Waals surface area contributed by atoms with Crippen LogP contribution in [0, 0.1) is 0 Å². The van der Waals surface area contributed by atoms with Crippen molar-refractivity contribution in [3.63, 3.8) is 0 Å². The second-order valence-corrected chi connectivity index (χ2v) is 7.14. The number of benzene rings is 3. The number of halogens is 3. The quantitative estimate of drug-likeness (QED) is 0.540. The summed E-state index contributed by atoms with van der Waals surface area (Å²) in [5.41, 5.74) is -2.04. The summed E-state index contributed by atoms with van der Waals surface area (Å²) in [5, 5.41) is 0. The van der Waals surface area contributed by atoms with E-state index in [1.807, 2.05) is 0 Å². The third-order valence-electron chi connectivity index (χ3n) is 5.38. The number of ether oxygens (including phenoxy) is 3. The predicted octanol–water partition coefficient (Wildman–Crippen LogP) is 5.63. The zero-order valence-electron chi connectivity index (χ0n) is 16.8. The van der Waals surface area contributed by atoms with Crippen LogP contribution in [0.15, 0.2) is 66.7 Å². The van der Waals surface area contributed by atoms with Gasteiger partial charge in [0.25, 0.3) is 0 Å². The second kappa shape index (κ2) is 7.65. The molecule has 0 radical (unpaired) electrons. The summed E-state index contributed by atoms with van der Waals surface area (Å²) < 4.78 is 58.7. The highest BCUT2D eigenvalue weighted by atomic mass is 19.4. The van der Waals surface area contributed by atoms with E-state index in [1.165, 1.54) is 38.5 Å². The molecule has 3 aromatic carbocycles. The van der Waals surface area contributed by atoms with Gasteiger partial charge in [0.1, 0.15) is 22.8 Å². The van der Waals surface area contributed by atoms with Gasteiger partial charge in [0, 0.05) is 23.3 Å². The molecule has 0 saturated heterocycles. The third kappa shape index (κ3) is 3.50. The van der Waals surface area contributed by atoms with Gasteiger partial charge in [0.15, 0.2) is 11.4 Å². The summed E-state index contributed by atoms with van der Waals surface area (Å²) in [6.07, 6.45) is -4.95. The average Bonchev–Trinajstić information content (AvgIpc) is 2.78. The number of Topliss-reactive ketones (excluding diaryl/α,β-unsaturated/α-hetero) is 1. The minimum atomic E-state index is -4.63. The van der Waals surface area contributed by atoms with Crippen LogP contribution < -0.4 is 14.2 Å². The van der Waals surface area contributed by atoms with Gasteiger partial charge in [0.05, 0.1) is 26.2 Å². The Hall–Kier alpha value is -3.48. The molecule has 0 amide bonds. The highest BCUT2D eigenvalue weighted by Gasteiger charge is 2.49. The Bertz CT molecular complexity index is 1130. The lowest BCUT2D eigenvalue weighted by molar-refractivity contribution is -0.139. The second-order valence-electron chi connectivity index (χ2n) is 7.14. The maximum absolute atomic E-state index is 13.9. The summed E-state index contributed by atoms with van der Waals surface area (Å²) in [6, 6.07) is 16.7. The fourth-order valence-corrected chi connectivity index (χ4v) is 3.99. The van der Waals surface area contributed by atoms with Gasteiger partial charge in [-0.1, -0.05) is 48.5 Å². The number of alkyl halides is 3. The topological polar surface area (TPSA) is 44.8 Å². The Morgan fingerprint density at radius 3 is 2.26 bits per heavy atom. The molecule has 160 valence electrons. The Labute approximate surface area is 177 Å². The molecule has 1 atom stereocenters. The van der Waals surface area contributed by atoms with Crippen molar-refractivity contribution in [3.8, 4) is 17.2 Å². The Morgan fingerprint density at radius 2 is 1.61 bits per heavy atom. The maximum atomic E-state index is 13.9. The molecule has 0 saturated carbocycles. The molecule has 1 unspecified atom stereocenters. The van der Waals surface area contributed by atoms with Crippen molar-refractivity contribution in [2.24, 2.45) is 0 Å². The van der Waals surface area contributed by atoms with Crippen molar-refractivity contribution in [3.05, 3.63) is 89.0 Å². The molecule has 3 aromatic rings. The number of hydrogen-bond donors (Lipinski definition) is 0. The first kappa shape index (κ1) is 20.8. The molecule has 0 fully saturated rings. The first-order valence-electron chi connectivity index (χ1n) is 9.50. The summed E-state index contributed by atoms with van der Waals surface area (Å²) in [4.78, 5) is 13.3. The van der Waals surface area contributed by atoms with E-state index in [9.17, 15) is 18.0 Å². The van der Waals surface area contributed by atoms with Gasteiger partial charge >= 0.3 is 6.18 Å². The maximum Gasteiger partial charge on any atom is 0.416 e. The number of carbonyl (C=O) groups is 1. The van der Waals surface area contributed by atoms with E-state index >= 15 is 0 Å². The number of methoxy groups -OCH3 is 2. The summed E-state index contributed by atoms with van der Waals surface area (Å²) in [6.45, 7) is 0. The minimum Gasteiger partial charge on any atom is -0.496 e. The van der Waals surface area contributed by atoms with Gasteiger partial charge in [0.2, 0.25) is 0 Å². The van der Waals surface area contributed by atoms with Crippen LogP contribution in [0.25, 0.3) is 0 Å². The molecule has 0 aromatic heterocycles. The summed E-state index contributed by atoms with van der Waals surface area (Å²) in [5.74, 6) is 0.316. The molecule has 4 nitrogen and oxygen atoms in total. The predicted molar refractivity (Wildman–Crippen MR) is 108 cm³/mol. The lowest BCUT2D eigenvalue weighted by Gasteiger charge is -2.40. The fourth-order valence-electron chi connectivity index (χ4n) is 3.99. The molecule has 0 spiro atoms. The third-order valence-corrected chi connectivity index (χ3v) is 5.38. The molecule has 1 aliphatic rings. The van der Waals surface area contributed by atoms with Crippen LogP contribution in [0.4, 0.5) is 13.2 Å². The van der Waals surface area contributed by atoms with E-state index in [-0.39, 0.29) is 34.8 Å². The number of rotatable bonds is 4. The Balaban J connectivity index is 2.02. The standard InChI is InChI=1S/C24H19F3O4/c1-29-16-12-20(30-2)22-19(28)14-23(31-21(22)13-16,15-8-4-3-5-9-15)17-10-6-7-11-18(17)24(25,26)27/h3-13H,14H2,1-2H3. The van der Waals surface area contributed by atoms with E-state index in [2.05, 4.69) is 0 Å². The molecular formula is C24H19F3O4. The van der Waals surface area contributed by atoms with Crippen LogP contribution in [-0.2, 0) is 11.8 Å². The zero-order chi connectivity index (χ0) is 22.2. The van der Waals surface area contributed by atoms with Crippen LogP contribution in [-0.4, -0.2) is 20.0 Å². The van der Waals surface area contributed by atoms with Crippen LogP contribution in [0.1, 0.15) is 33.5 Å². The molecule has 0 N–H and O–H groups in total. The highest BCUT2D eigenvalue weighted by molar-refractivity contribution is 6.03. The van der Waals surface area contributed by atoms with Crippen molar-refractivity contribution in [1.82, 2.24) is 0 Å². The molecule has 7 heteroatoms. The molecule has 4 rings (SSSR count). The summed E-state index contributed by atoms with van der Waals surface area (Å²) in [7, 11) is 2.84. The van der Waals surface area contributed by atoms with Crippen LogP contribution in [0.3, 0.4) is 0 Å². The lowest BCUT2D eigenvalue weighted by atomic mass is 9.77. The van der Waals surface area contributed by atoms with Crippen LogP contribution in [0.5, 0.6) is 17.2 Å². The van der Waals surface area contributed by atoms with E-state index in [1.54, 1.807) is 36.4 Å². The Kier molecular flexibility index (Phi) is 5.13. The zero-order valence-corrected chi connectivity index (χ0v) is 16.8. The van der Waals surface area contributed by atoms with Gasteiger partial charge in [-0.05, 0) is 6.07 Å². The molecule has 0 aliphatic carbocycles. The van der Waals surface area contributed by atoms with E-state index < -0.39 is 17.3 Å². The van der Waals surface area contributed by atoms with Gasteiger partial charge in [-0.25, -0.2) is 0 Å². The molecule has 1 heterocycles. The van der Waals surface area contributed by atoms with Crippen molar-refractivity contribution in [2.45, 2.75) is 18.2 Å². The van der Waals surface area contributed by atoms with Crippen LogP contribution >= 0.6 is 0 Å². The van der Waals surface area contributed by atoms with Crippen molar-refractivity contribution >= 4 is 5.78 Å². The first-order chi connectivity index (χ1) is 14.8. The molecule has 1 aliphatic heterocycles. The van der Waals surface area contributed by atoms with Gasteiger partial charge in [-0.3, -0.25) is 4.79 Å². The normalized spacial score (nSPS) is 18.2. The average molecular weight is 428 g/mol. The molecular weight excluding hydrogens is 409 g/mol. The van der Waals surface area contributed by atoms with E-state index in [0.717, 1.165) is 6.07 Å². The first-order valence-corrected chi connectivity index (χ1v) is 9.50. The minimum absolute atomic E-state index is 0.105. The van der Waals surface area contributed by atoms with Crippen molar-refractivity contribution in [1.29, 1.82) is 0 Å². The van der Waals surface area contributed by atoms with Crippen molar-refractivity contribution in [2.75, 3.05) is 14.2 Å².